The number of aromatic nitrogens is 2. The number of nitrogens with zero attached hydrogens (tertiary/aromatic N) is 5. The first-order valence-electron chi connectivity index (χ1n) is 11.5. The highest BCUT2D eigenvalue weighted by molar-refractivity contribution is 6.11. The number of amides is 2. The van der Waals surface area contributed by atoms with Crippen molar-refractivity contribution in [2.45, 2.75) is 45.8 Å². The first-order chi connectivity index (χ1) is 15.9. The third-order valence-corrected chi connectivity index (χ3v) is 6.74. The van der Waals surface area contributed by atoms with E-state index in [-0.39, 0.29) is 17.4 Å². The highest BCUT2D eigenvalue weighted by atomic mass is 16.6. The molecule has 0 saturated carbocycles. The van der Waals surface area contributed by atoms with E-state index in [1.807, 2.05) is 46.9 Å². The predicted molar refractivity (Wildman–Crippen MR) is 127 cm³/mol. The molecule has 2 aromatic rings. The van der Waals surface area contributed by atoms with Crippen molar-refractivity contribution in [2.24, 2.45) is 5.41 Å². The molecule has 0 aliphatic carbocycles. The van der Waals surface area contributed by atoms with Gasteiger partial charge in [-0.15, -0.1) is 0 Å². The smallest absolute Gasteiger partial charge is 0.410 e. The molecular weight excluding hydrogens is 434 g/mol. The molecule has 0 radical (unpaired) electrons. The van der Waals surface area contributed by atoms with Gasteiger partial charge in [-0.25, -0.2) is 9.78 Å². The molecule has 0 aromatic carbocycles. The Bertz CT molecular complexity index is 1160. The van der Waals surface area contributed by atoms with Gasteiger partial charge in [-0.3, -0.25) is 14.7 Å². The van der Waals surface area contributed by atoms with Crippen LogP contribution in [0, 0.1) is 5.41 Å². The van der Waals surface area contributed by atoms with Crippen LogP contribution in [0.3, 0.4) is 0 Å². The standard InChI is InChI=1S/C25H31N5O4/c1-23(2,3)34-22(32)29-14-25(15-29)12-28(13-25)16-9-17(11-26-10-16)30-21(31)18-7-8-19(33-6)27-20(18)24(30,4)5/h7-11H,12-15H2,1-6H3. The van der Waals surface area contributed by atoms with Gasteiger partial charge in [-0.05, 0) is 46.8 Å². The molecule has 2 fully saturated rings. The van der Waals surface area contributed by atoms with Crippen LogP contribution in [0.5, 0.6) is 5.88 Å². The number of ether oxygens (including phenoxy) is 2. The average molecular weight is 466 g/mol. The summed E-state index contributed by atoms with van der Waals surface area (Å²) in [5, 5.41) is 0. The second kappa shape index (κ2) is 7.32. The van der Waals surface area contributed by atoms with E-state index in [0.29, 0.717) is 30.2 Å². The van der Waals surface area contributed by atoms with Crippen molar-refractivity contribution in [2.75, 3.05) is 43.1 Å². The minimum atomic E-state index is -0.640. The molecule has 0 bridgehead atoms. The normalized spacial score (nSPS) is 20.1. The third-order valence-electron chi connectivity index (χ3n) is 6.74. The topological polar surface area (TPSA) is 88.1 Å². The molecule has 2 saturated heterocycles. The Morgan fingerprint density at radius 2 is 1.74 bits per heavy atom. The lowest BCUT2D eigenvalue weighted by atomic mass is 9.73. The number of carbonyl (C=O) groups excluding carboxylic acids is 2. The van der Waals surface area contributed by atoms with Crippen LogP contribution < -0.4 is 14.5 Å². The molecule has 180 valence electrons. The minimum absolute atomic E-state index is 0.0961. The highest BCUT2D eigenvalue weighted by Gasteiger charge is 2.54. The predicted octanol–water partition coefficient (Wildman–Crippen LogP) is 3.44. The van der Waals surface area contributed by atoms with Crippen LogP contribution in [0.15, 0.2) is 30.6 Å². The first kappa shape index (κ1) is 22.4. The molecule has 9 heteroatoms. The number of hydrogen-bond acceptors (Lipinski definition) is 7. The second-order valence-corrected chi connectivity index (χ2v) is 11.0. The van der Waals surface area contributed by atoms with Crippen LogP contribution >= 0.6 is 0 Å². The lowest BCUT2D eigenvalue weighted by Crippen LogP contribution is -2.73. The summed E-state index contributed by atoms with van der Waals surface area (Å²) in [5.74, 6) is 0.390. The summed E-state index contributed by atoms with van der Waals surface area (Å²) in [6, 6.07) is 5.49. The van der Waals surface area contributed by atoms with E-state index < -0.39 is 11.1 Å². The van der Waals surface area contributed by atoms with Crippen LogP contribution in [0.2, 0.25) is 0 Å². The van der Waals surface area contributed by atoms with Crippen LogP contribution in [-0.4, -0.2) is 65.8 Å². The molecule has 2 aromatic heterocycles. The quantitative estimate of drug-likeness (QED) is 0.686. The minimum Gasteiger partial charge on any atom is -0.481 e. The fourth-order valence-electron chi connectivity index (χ4n) is 5.19. The Morgan fingerprint density at radius 3 is 2.38 bits per heavy atom. The molecule has 0 N–H and O–H groups in total. The van der Waals surface area contributed by atoms with Crippen molar-refractivity contribution in [3.8, 4) is 5.88 Å². The van der Waals surface area contributed by atoms with Crippen molar-refractivity contribution < 1.29 is 19.1 Å². The van der Waals surface area contributed by atoms with Gasteiger partial charge in [0, 0.05) is 37.7 Å². The van der Waals surface area contributed by atoms with Gasteiger partial charge in [0.15, 0.2) is 0 Å². The fraction of sp³-hybridized carbons (Fsp3) is 0.520. The van der Waals surface area contributed by atoms with E-state index in [1.54, 1.807) is 35.2 Å². The molecule has 1 spiro atoms. The number of pyridine rings is 2. The van der Waals surface area contributed by atoms with Gasteiger partial charge in [0.25, 0.3) is 5.91 Å². The molecular formula is C25H31N5O4. The Morgan fingerprint density at radius 1 is 1.06 bits per heavy atom. The van der Waals surface area contributed by atoms with Gasteiger partial charge in [-0.1, -0.05) is 0 Å². The Hall–Kier alpha value is -3.36. The molecule has 9 nitrogen and oxygen atoms in total. The average Bonchev–Trinajstić information content (AvgIpc) is 2.89. The van der Waals surface area contributed by atoms with E-state index in [9.17, 15) is 9.59 Å². The van der Waals surface area contributed by atoms with Gasteiger partial charge in [0.2, 0.25) is 5.88 Å². The summed E-state index contributed by atoms with van der Waals surface area (Å²) in [4.78, 5) is 40.3. The molecule has 3 aliphatic heterocycles. The summed E-state index contributed by atoms with van der Waals surface area (Å²) in [5.41, 5.74) is 1.95. The zero-order chi connectivity index (χ0) is 24.5. The molecule has 5 rings (SSSR count). The Balaban J connectivity index is 1.29. The van der Waals surface area contributed by atoms with Gasteiger partial charge < -0.3 is 19.3 Å². The SMILES string of the molecule is COc1ccc2c(n1)C(C)(C)N(c1cncc(N3CC4(CN(C(=O)OC(C)(C)C)C4)C3)c1)C2=O. The number of carbonyl (C=O) groups is 2. The van der Waals surface area contributed by atoms with Gasteiger partial charge >= 0.3 is 6.09 Å². The summed E-state index contributed by atoms with van der Waals surface area (Å²) in [6.07, 6.45) is 3.29. The maximum atomic E-state index is 13.3. The van der Waals surface area contributed by atoms with Crippen molar-refractivity contribution in [1.29, 1.82) is 0 Å². The van der Waals surface area contributed by atoms with Crippen molar-refractivity contribution in [3.05, 3.63) is 41.9 Å². The molecule has 3 aliphatic rings. The van der Waals surface area contributed by atoms with E-state index in [0.717, 1.165) is 24.5 Å². The number of hydrogen-bond donors (Lipinski definition) is 0. The lowest BCUT2D eigenvalue weighted by molar-refractivity contribution is -0.0453. The van der Waals surface area contributed by atoms with Crippen LogP contribution in [0.1, 0.15) is 50.7 Å². The lowest BCUT2D eigenvalue weighted by Gasteiger charge is -2.60. The highest BCUT2D eigenvalue weighted by Crippen LogP contribution is 2.45. The molecule has 34 heavy (non-hydrogen) atoms. The number of rotatable bonds is 3. The molecule has 0 unspecified atom stereocenters. The van der Waals surface area contributed by atoms with E-state index in [4.69, 9.17) is 9.47 Å². The summed E-state index contributed by atoms with van der Waals surface area (Å²) < 4.78 is 10.7. The van der Waals surface area contributed by atoms with E-state index in [2.05, 4.69) is 14.9 Å². The summed E-state index contributed by atoms with van der Waals surface area (Å²) in [7, 11) is 1.57. The van der Waals surface area contributed by atoms with Crippen molar-refractivity contribution in [1.82, 2.24) is 14.9 Å². The van der Waals surface area contributed by atoms with Crippen LogP contribution in [0.25, 0.3) is 0 Å². The van der Waals surface area contributed by atoms with Gasteiger partial charge in [-0.2, -0.15) is 0 Å². The van der Waals surface area contributed by atoms with Crippen molar-refractivity contribution in [3.63, 3.8) is 0 Å². The third kappa shape index (κ3) is 3.54. The summed E-state index contributed by atoms with van der Waals surface area (Å²) >= 11 is 0. The Kier molecular flexibility index (Phi) is 4.83. The zero-order valence-electron chi connectivity index (χ0n) is 20.6. The largest absolute Gasteiger partial charge is 0.481 e. The van der Waals surface area contributed by atoms with Gasteiger partial charge in [0.05, 0.1) is 47.7 Å². The number of fused-ring (bicyclic) bond motifs is 1. The zero-order valence-corrected chi connectivity index (χ0v) is 20.6. The maximum Gasteiger partial charge on any atom is 0.410 e. The Labute approximate surface area is 199 Å². The van der Waals surface area contributed by atoms with Crippen LogP contribution in [0.4, 0.5) is 16.2 Å². The van der Waals surface area contributed by atoms with Gasteiger partial charge in [0.1, 0.15) is 5.60 Å². The van der Waals surface area contributed by atoms with Crippen molar-refractivity contribution >= 4 is 23.4 Å². The molecule has 0 atom stereocenters. The van der Waals surface area contributed by atoms with E-state index >= 15 is 0 Å². The second-order valence-electron chi connectivity index (χ2n) is 11.0. The number of likely N-dealkylation sites (tertiary alicyclic amines) is 1. The monoisotopic (exact) mass is 465 g/mol. The first-order valence-corrected chi connectivity index (χ1v) is 11.5. The fourth-order valence-corrected chi connectivity index (χ4v) is 5.19. The molecule has 5 heterocycles. The maximum absolute atomic E-state index is 13.3. The van der Waals surface area contributed by atoms with E-state index in [1.165, 1.54) is 0 Å². The number of anilines is 2. The molecule has 2 amide bonds. The number of methoxy groups -OCH3 is 1. The van der Waals surface area contributed by atoms with Crippen LogP contribution in [-0.2, 0) is 10.3 Å². The summed E-state index contributed by atoms with van der Waals surface area (Å²) in [6.45, 7) is 12.7.